The van der Waals surface area contributed by atoms with Crippen LogP contribution in [0.2, 0.25) is 0 Å². The summed E-state index contributed by atoms with van der Waals surface area (Å²) in [4.78, 5) is 9.17. The lowest BCUT2D eigenvalue weighted by Gasteiger charge is -1.39. The Morgan fingerprint density at radius 2 is 2.33 bits per heavy atom. The van der Waals surface area contributed by atoms with E-state index >= 15 is 0 Å². The zero-order chi connectivity index (χ0) is 4.83. The summed E-state index contributed by atoms with van der Waals surface area (Å²) in [7, 11) is 0. The summed E-state index contributed by atoms with van der Waals surface area (Å²) < 4.78 is 9.28. The topological polar surface area (TPSA) is 34.1 Å². The normalized spacial score (nSPS) is 5.33. The summed E-state index contributed by atoms with van der Waals surface area (Å²) in [5.41, 5.74) is 0. The van der Waals surface area contributed by atoms with E-state index in [1.54, 1.807) is 0 Å². The molecule has 6 heavy (non-hydrogen) atoms. The van der Waals surface area contributed by atoms with Crippen LogP contribution in [0.15, 0.2) is 6.08 Å². The Kier molecular flexibility index (Phi) is 3.86. The van der Waals surface area contributed by atoms with E-state index in [-0.39, 0.29) is 11.3 Å². The van der Waals surface area contributed by atoms with Gasteiger partial charge in [0.1, 0.15) is 5.94 Å². The zero-order valence-corrected chi connectivity index (χ0v) is 3.62. The number of rotatable bonds is 1. The van der Waals surface area contributed by atoms with Crippen LogP contribution in [0.4, 0.5) is 0 Å². The Hall–Kier alpha value is -0.660. The molecule has 0 heterocycles. The molecule has 0 unspecified atom stereocenters. The van der Waals surface area contributed by atoms with Crippen LogP contribution >= 0.6 is 0 Å². The molecular formula is C3HO2S. The van der Waals surface area contributed by atoms with Crippen molar-refractivity contribution < 1.29 is 9.00 Å². The summed E-state index contributed by atoms with van der Waals surface area (Å²) in [5, 5.41) is 2.01. The van der Waals surface area contributed by atoms with Crippen molar-refractivity contribution in [2.24, 2.45) is 0 Å². The van der Waals surface area contributed by atoms with E-state index in [2.05, 4.69) is 0 Å². The van der Waals surface area contributed by atoms with Gasteiger partial charge < -0.3 is 0 Å². The Balaban J connectivity index is 3.64. The molecule has 0 aromatic rings. The van der Waals surface area contributed by atoms with E-state index in [1.165, 1.54) is 5.94 Å². The SMILES string of the molecule is O=C=C[C]=S=O. The molecule has 0 aliphatic heterocycles. The van der Waals surface area contributed by atoms with E-state index in [1.807, 2.05) is 5.37 Å². The maximum atomic E-state index is 9.28. The third kappa shape index (κ3) is 3.34. The first-order chi connectivity index (χ1) is 2.91. The molecule has 3 heteroatoms. The van der Waals surface area contributed by atoms with E-state index in [9.17, 15) is 4.21 Å². The average Bonchev–Trinajstić information content (AvgIpc) is 1.61. The molecule has 0 atom stereocenters. The van der Waals surface area contributed by atoms with Crippen LogP contribution in [0, 0.1) is 0 Å². The Labute approximate surface area is 38.6 Å². The molecule has 0 aliphatic rings. The maximum absolute atomic E-state index is 9.28. The molecule has 1 radical (unpaired) electrons. The van der Waals surface area contributed by atoms with Gasteiger partial charge in [0, 0.05) is 6.08 Å². The monoisotopic (exact) mass is 101 g/mol. The van der Waals surface area contributed by atoms with Crippen molar-refractivity contribution in [3.05, 3.63) is 6.08 Å². The minimum Gasteiger partial charge on any atom is -0.233 e. The van der Waals surface area contributed by atoms with Crippen molar-refractivity contribution in [2.45, 2.75) is 0 Å². The molecule has 0 aromatic carbocycles. The van der Waals surface area contributed by atoms with E-state index in [0.29, 0.717) is 0 Å². The highest BCUT2D eigenvalue weighted by Crippen LogP contribution is 1.38. The Bertz CT molecular complexity index is 101. The standard InChI is InChI=1S/C3HO2S/c4-2-1-3-6-5/h1H. The van der Waals surface area contributed by atoms with E-state index < -0.39 is 0 Å². The fourth-order valence-corrected chi connectivity index (χ4v) is 0.144. The second-order valence-corrected chi connectivity index (χ2v) is 0.866. The molecule has 0 saturated carbocycles. The first-order valence-corrected chi connectivity index (χ1v) is 1.89. The van der Waals surface area contributed by atoms with Gasteiger partial charge in [0.05, 0.1) is 16.6 Å². The highest BCUT2D eigenvalue weighted by atomic mass is 32.1. The van der Waals surface area contributed by atoms with Gasteiger partial charge in [0.25, 0.3) is 0 Å². The number of hydrogen-bond donors (Lipinski definition) is 0. The van der Waals surface area contributed by atoms with Gasteiger partial charge >= 0.3 is 0 Å². The van der Waals surface area contributed by atoms with E-state index in [4.69, 9.17) is 4.79 Å². The molecule has 0 aromatic heterocycles. The third-order valence-corrected chi connectivity index (χ3v) is 0.380. The van der Waals surface area contributed by atoms with Crippen molar-refractivity contribution in [2.75, 3.05) is 0 Å². The number of carbonyl (C=O) groups excluding carboxylic acids is 1. The lowest BCUT2D eigenvalue weighted by molar-refractivity contribution is 0.569. The van der Waals surface area contributed by atoms with Crippen LogP contribution < -0.4 is 0 Å². The molecule has 2 nitrogen and oxygen atoms in total. The van der Waals surface area contributed by atoms with Crippen LogP contribution in [-0.2, 0) is 16.1 Å². The lowest BCUT2D eigenvalue weighted by Crippen LogP contribution is -1.56. The number of allylic oxidation sites excluding steroid dienone is 1. The summed E-state index contributed by atoms with van der Waals surface area (Å²) >= 11 is 0.108. The predicted molar refractivity (Wildman–Crippen MR) is 23.4 cm³/mol. The van der Waals surface area contributed by atoms with Crippen LogP contribution in [-0.4, -0.2) is 15.5 Å². The van der Waals surface area contributed by atoms with Gasteiger partial charge in [-0.25, -0.2) is 9.00 Å². The molecule has 0 N–H and O–H groups in total. The molecular weight excluding hydrogens is 100 g/mol. The second-order valence-electron chi connectivity index (χ2n) is 0.463. The van der Waals surface area contributed by atoms with Crippen LogP contribution in [0.25, 0.3) is 0 Å². The maximum Gasteiger partial charge on any atom is 0.126 e. The summed E-state index contributed by atoms with van der Waals surface area (Å²) in [6, 6.07) is 0. The third-order valence-electron chi connectivity index (χ3n) is 0.166. The van der Waals surface area contributed by atoms with Gasteiger partial charge in [-0.05, 0) is 0 Å². The van der Waals surface area contributed by atoms with Gasteiger partial charge in [-0.2, -0.15) is 0 Å². The first kappa shape index (κ1) is 5.34. The second kappa shape index (κ2) is 4.34. The fourth-order valence-electron chi connectivity index (χ4n) is 0.0481. The van der Waals surface area contributed by atoms with Gasteiger partial charge in [0.2, 0.25) is 0 Å². The largest absolute Gasteiger partial charge is 0.233 e. The van der Waals surface area contributed by atoms with Gasteiger partial charge in [-0.1, -0.05) is 0 Å². The molecule has 0 bridgehead atoms. The minimum absolute atomic E-state index is 0.108. The Morgan fingerprint density at radius 3 is 2.50 bits per heavy atom. The van der Waals surface area contributed by atoms with Crippen molar-refractivity contribution in [3.63, 3.8) is 0 Å². The lowest BCUT2D eigenvalue weighted by atomic mass is 10.8. The van der Waals surface area contributed by atoms with Crippen molar-refractivity contribution in [1.82, 2.24) is 0 Å². The molecule has 0 aliphatic carbocycles. The zero-order valence-electron chi connectivity index (χ0n) is 2.80. The van der Waals surface area contributed by atoms with Crippen molar-refractivity contribution >= 4 is 22.6 Å². The smallest absolute Gasteiger partial charge is 0.126 e. The summed E-state index contributed by atoms with van der Waals surface area (Å²) in [6.07, 6.45) is 0.900. The average molecular weight is 101 g/mol. The van der Waals surface area contributed by atoms with Crippen LogP contribution in [0.1, 0.15) is 0 Å². The van der Waals surface area contributed by atoms with Crippen molar-refractivity contribution in [1.29, 1.82) is 0 Å². The van der Waals surface area contributed by atoms with Gasteiger partial charge in [-0.15, -0.1) is 0 Å². The van der Waals surface area contributed by atoms with Gasteiger partial charge in [-0.3, -0.25) is 0 Å². The molecule has 31 valence electrons. The Morgan fingerprint density at radius 1 is 1.67 bits per heavy atom. The quantitative estimate of drug-likeness (QED) is 0.248. The fraction of sp³-hybridized carbons (Fsp3) is 0. The van der Waals surface area contributed by atoms with Gasteiger partial charge in [0.15, 0.2) is 0 Å². The highest BCUT2D eigenvalue weighted by Gasteiger charge is 1.52. The summed E-state index contributed by atoms with van der Waals surface area (Å²) in [6.45, 7) is 0. The van der Waals surface area contributed by atoms with E-state index in [0.717, 1.165) is 6.08 Å². The summed E-state index contributed by atoms with van der Waals surface area (Å²) in [5.74, 6) is 1.36. The van der Waals surface area contributed by atoms with Crippen molar-refractivity contribution in [3.8, 4) is 0 Å². The predicted octanol–water partition coefficient (Wildman–Crippen LogP) is -0.734. The molecule has 0 rings (SSSR count). The molecule has 0 spiro atoms. The molecule has 0 fully saturated rings. The minimum atomic E-state index is 0.108. The first-order valence-electron chi connectivity index (χ1n) is 1.15. The van der Waals surface area contributed by atoms with Crippen LogP contribution in [0.5, 0.6) is 0 Å². The molecule has 0 saturated heterocycles. The highest BCUT2D eigenvalue weighted by molar-refractivity contribution is 7.65. The number of hydrogen-bond acceptors (Lipinski definition) is 2. The van der Waals surface area contributed by atoms with Crippen LogP contribution in [0.3, 0.4) is 0 Å². The molecule has 0 amide bonds.